The number of nitrogens with zero attached hydrogens (tertiary/aromatic N) is 3. The van der Waals surface area contributed by atoms with Crippen molar-refractivity contribution in [1.29, 1.82) is 0 Å². The molecule has 5 aromatic rings. The number of Topliss-reactive ketones (excluding diaryl/α,β-unsaturated/α-hetero) is 1. The van der Waals surface area contributed by atoms with Crippen LogP contribution in [0.25, 0.3) is 16.5 Å². The summed E-state index contributed by atoms with van der Waals surface area (Å²) in [6, 6.07) is 25.2. The average Bonchev–Trinajstić information content (AvgIpc) is 3.58. The van der Waals surface area contributed by atoms with Crippen molar-refractivity contribution in [3.8, 4) is 0 Å². The molecule has 1 saturated heterocycles. The quantitative estimate of drug-likeness (QED) is 0.0659. The first-order valence-corrected chi connectivity index (χ1v) is 15.6. The molecule has 1 aromatic heterocycles. The molecule has 0 spiro atoms. The Labute approximate surface area is 256 Å². The molecule has 0 saturated carbocycles. The number of amides is 1. The van der Waals surface area contributed by atoms with Crippen LogP contribution in [0, 0.1) is 12.7 Å². The minimum Gasteiger partial charge on any atom is -0.507 e. The van der Waals surface area contributed by atoms with Gasteiger partial charge in [-0.15, -0.1) is 10.2 Å². The van der Waals surface area contributed by atoms with E-state index in [0.29, 0.717) is 21.2 Å². The molecule has 1 fully saturated rings. The Bertz CT molecular complexity index is 1890. The molecular formula is C34H28FN3O3S2. The number of hydrogen-bond acceptors (Lipinski definition) is 7. The van der Waals surface area contributed by atoms with E-state index in [9.17, 15) is 19.1 Å². The van der Waals surface area contributed by atoms with Gasteiger partial charge in [0.2, 0.25) is 5.13 Å². The van der Waals surface area contributed by atoms with Crippen molar-refractivity contribution in [3.05, 3.63) is 124 Å². The molecule has 0 aliphatic carbocycles. The van der Waals surface area contributed by atoms with Crippen LogP contribution in [0.4, 0.5) is 9.52 Å². The highest BCUT2D eigenvalue weighted by Crippen LogP contribution is 2.44. The Kier molecular flexibility index (Phi) is 7.85. The maximum atomic E-state index is 14.5. The number of aromatic nitrogens is 2. The maximum absolute atomic E-state index is 14.5. The number of thioether (sulfide) groups is 1. The number of rotatable bonds is 7. The predicted octanol–water partition coefficient (Wildman–Crippen LogP) is 8.18. The lowest BCUT2D eigenvalue weighted by atomic mass is 9.93. The molecule has 1 amide bonds. The fourth-order valence-electron chi connectivity index (χ4n) is 5.22. The summed E-state index contributed by atoms with van der Waals surface area (Å²) in [5, 5.41) is 22.5. The molecule has 1 aliphatic rings. The first-order valence-electron chi connectivity index (χ1n) is 13.8. The summed E-state index contributed by atoms with van der Waals surface area (Å²) in [5.41, 5.74) is 3.26. The van der Waals surface area contributed by atoms with Crippen molar-refractivity contribution in [2.45, 2.75) is 42.8 Å². The third kappa shape index (κ3) is 5.46. The van der Waals surface area contributed by atoms with Gasteiger partial charge in [-0.1, -0.05) is 116 Å². The zero-order valence-electron chi connectivity index (χ0n) is 23.7. The van der Waals surface area contributed by atoms with E-state index in [0.717, 1.165) is 21.9 Å². The number of halogens is 1. The van der Waals surface area contributed by atoms with Gasteiger partial charge in [0.05, 0.1) is 11.6 Å². The topological polar surface area (TPSA) is 83.4 Å². The van der Waals surface area contributed by atoms with E-state index in [4.69, 9.17) is 0 Å². The molecule has 4 aromatic carbocycles. The second kappa shape index (κ2) is 11.7. The molecule has 216 valence electrons. The van der Waals surface area contributed by atoms with Gasteiger partial charge in [-0.05, 0) is 51.9 Å². The molecule has 43 heavy (non-hydrogen) atoms. The number of fused-ring (bicyclic) bond motifs is 1. The van der Waals surface area contributed by atoms with Crippen LogP contribution in [0.1, 0.15) is 53.6 Å². The highest BCUT2D eigenvalue weighted by molar-refractivity contribution is 8.00. The number of ketones is 1. The van der Waals surface area contributed by atoms with Gasteiger partial charge in [0, 0.05) is 11.3 Å². The van der Waals surface area contributed by atoms with Crippen LogP contribution in [0.2, 0.25) is 0 Å². The summed E-state index contributed by atoms with van der Waals surface area (Å²) in [5.74, 6) is -1.72. The van der Waals surface area contributed by atoms with Crippen LogP contribution in [-0.4, -0.2) is 27.0 Å². The van der Waals surface area contributed by atoms with Gasteiger partial charge in [0.25, 0.3) is 5.78 Å². The average molecular weight is 610 g/mol. The number of carbonyl (C=O) groups excluding carboxylic acids is 2. The molecule has 1 N–H and O–H groups in total. The maximum Gasteiger partial charge on any atom is 0.301 e. The molecule has 6 rings (SSSR count). The minimum atomic E-state index is -0.963. The van der Waals surface area contributed by atoms with Crippen LogP contribution in [0.3, 0.4) is 0 Å². The van der Waals surface area contributed by atoms with Gasteiger partial charge in [-0.2, -0.15) is 0 Å². The largest absolute Gasteiger partial charge is 0.507 e. The van der Waals surface area contributed by atoms with E-state index in [-0.39, 0.29) is 22.2 Å². The van der Waals surface area contributed by atoms with E-state index in [1.807, 2.05) is 42.5 Å². The normalized spacial score (nSPS) is 16.5. The summed E-state index contributed by atoms with van der Waals surface area (Å²) in [6.45, 7) is 5.76. The van der Waals surface area contributed by atoms with Crippen molar-refractivity contribution in [1.82, 2.24) is 10.2 Å². The summed E-state index contributed by atoms with van der Waals surface area (Å²) in [4.78, 5) is 28.4. The molecule has 1 atom stereocenters. The van der Waals surface area contributed by atoms with Gasteiger partial charge in [0.15, 0.2) is 4.34 Å². The molecule has 9 heteroatoms. The number of aryl methyl sites for hydroxylation is 1. The summed E-state index contributed by atoms with van der Waals surface area (Å²) < 4.78 is 15.1. The standard InChI is InChI=1S/C34H28FN3O3S2/c1-19(2)21-13-15-23(16-14-21)29-28(30(39)24-12-11-20(3)27(35)17-24)31(40)32(41)38(29)33-36-37-34(43-33)42-18-25-9-6-8-22-7-4-5-10-26(22)25/h4-17,19,29,39H,18H2,1-3H3/t29-/m0/s1. The third-order valence-electron chi connectivity index (χ3n) is 7.64. The fraction of sp³-hybridized carbons (Fsp3) is 0.176. The molecule has 1 aliphatic heterocycles. The van der Waals surface area contributed by atoms with Crippen LogP contribution >= 0.6 is 23.1 Å². The van der Waals surface area contributed by atoms with Crippen molar-refractivity contribution in [3.63, 3.8) is 0 Å². The number of aliphatic hydroxyl groups is 1. The molecule has 2 heterocycles. The van der Waals surface area contributed by atoms with E-state index in [1.165, 1.54) is 46.2 Å². The van der Waals surface area contributed by atoms with Gasteiger partial charge in [-0.25, -0.2) is 4.39 Å². The number of carbonyl (C=O) groups is 2. The summed E-state index contributed by atoms with van der Waals surface area (Å²) in [7, 11) is 0. The van der Waals surface area contributed by atoms with Crippen LogP contribution < -0.4 is 4.90 Å². The smallest absolute Gasteiger partial charge is 0.301 e. The van der Waals surface area contributed by atoms with E-state index in [1.54, 1.807) is 6.92 Å². The second-order valence-electron chi connectivity index (χ2n) is 10.7. The molecule has 0 radical (unpaired) electrons. The van der Waals surface area contributed by atoms with Crippen LogP contribution in [0.15, 0.2) is 94.8 Å². The first-order chi connectivity index (χ1) is 20.7. The lowest BCUT2D eigenvalue weighted by molar-refractivity contribution is -0.132. The molecular weight excluding hydrogens is 582 g/mol. The number of aliphatic hydroxyl groups excluding tert-OH is 1. The van der Waals surface area contributed by atoms with Crippen LogP contribution in [-0.2, 0) is 15.3 Å². The second-order valence-corrected chi connectivity index (χ2v) is 12.9. The Balaban J connectivity index is 1.38. The molecule has 6 nitrogen and oxygen atoms in total. The van der Waals surface area contributed by atoms with Crippen molar-refractivity contribution >= 4 is 56.5 Å². The number of hydrogen-bond donors (Lipinski definition) is 1. The monoisotopic (exact) mass is 609 g/mol. The minimum absolute atomic E-state index is 0.119. The molecule has 0 unspecified atom stereocenters. The number of anilines is 1. The lowest BCUT2D eigenvalue weighted by Crippen LogP contribution is -2.29. The summed E-state index contributed by atoms with van der Waals surface area (Å²) >= 11 is 2.71. The third-order valence-corrected chi connectivity index (χ3v) is 9.75. The Morgan fingerprint density at radius 1 is 1.00 bits per heavy atom. The van der Waals surface area contributed by atoms with Gasteiger partial charge < -0.3 is 5.11 Å². The van der Waals surface area contributed by atoms with Crippen molar-refractivity contribution in [2.24, 2.45) is 0 Å². The highest BCUT2D eigenvalue weighted by Gasteiger charge is 2.48. The van der Waals surface area contributed by atoms with E-state index >= 15 is 0 Å². The SMILES string of the molecule is Cc1ccc(C(O)=C2C(=O)C(=O)N(c3nnc(SCc4cccc5ccccc45)s3)[C@H]2c2ccc(C(C)C)cc2)cc1F. The zero-order chi connectivity index (χ0) is 30.2. The fourth-order valence-corrected chi connectivity index (χ4v) is 7.09. The van der Waals surface area contributed by atoms with Gasteiger partial charge in [0.1, 0.15) is 11.6 Å². The van der Waals surface area contributed by atoms with E-state index in [2.05, 4.69) is 48.3 Å². The zero-order valence-corrected chi connectivity index (χ0v) is 25.4. The van der Waals surface area contributed by atoms with E-state index < -0.39 is 29.3 Å². The predicted molar refractivity (Wildman–Crippen MR) is 170 cm³/mol. The Morgan fingerprint density at radius 3 is 2.49 bits per heavy atom. The van der Waals surface area contributed by atoms with Gasteiger partial charge in [-0.3, -0.25) is 14.5 Å². The summed E-state index contributed by atoms with van der Waals surface area (Å²) in [6.07, 6.45) is 0. The van der Waals surface area contributed by atoms with Gasteiger partial charge >= 0.3 is 5.91 Å². The first kappa shape index (κ1) is 28.8. The lowest BCUT2D eigenvalue weighted by Gasteiger charge is -2.23. The highest BCUT2D eigenvalue weighted by atomic mass is 32.2. The van der Waals surface area contributed by atoms with Crippen molar-refractivity contribution in [2.75, 3.05) is 4.90 Å². The molecule has 0 bridgehead atoms. The Morgan fingerprint density at radius 2 is 1.74 bits per heavy atom. The Hall–Kier alpha value is -4.34. The number of benzene rings is 4. The van der Waals surface area contributed by atoms with Crippen molar-refractivity contribution < 1.29 is 19.1 Å². The van der Waals surface area contributed by atoms with Crippen LogP contribution in [0.5, 0.6) is 0 Å².